The highest BCUT2D eigenvalue weighted by Crippen LogP contribution is 2.12. The molecule has 0 aliphatic carbocycles. The first kappa shape index (κ1) is 13.5. The topological polar surface area (TPSA) is 75.3 Å². The molecular weight excluding hydrogens is 254 g/mol. The number of nitrogens with one attached hydrogen (secondary N) is 2. The largest absolute Gasteiger partial charge is 0.325 e. The number of anilines is 1. The predicted octanol–water partition coefficient (Wildman–Crippen LogP) is 0.452. The van der Waals surface area contributed by atoms with Gasteiger partial charge in [0.25, 0.3) is 0 Å². The smallest absolute Gasteiger partial charge is 0.239 e. The molecular formula is C9H10F2N2O3S. The lowest BCUT2D eigenvalue weighted by Gasteiger charge is -2.05. The van der Waals surface area contributed by atoms with Gasteiger partial charge in [0.15, 0.2) is 11.6 Å². The van der Waals surface area contributed by atoms with Gasteiger partial charge in [-0.05, 0) is 12.1 Å². The quantitative estimate of drug-likeness (QED) is 0.829. The Bertz CT molecular complexity index is 531. The molecule has 0 aromatic heterocycles. The monoisotopic (exact) mass is 264 g/mol. The van der Waals surface area contributed by atoms with Gasteiger partial charge in [-0.15, -0.1) is 0 Å². The molecule has 0 unspecified atom stereocenters. The van der Waals surface area contributed by atoms with Crippen molar-refractivity contribution in [1.82, 2.24) is 4.72 Å². The number of rotatable bonds is 4. The number of carbonyl (C=O) groups is 1. The lowest BCUT2D eigenvalue weighted by molar-refractivity contribution is -0.115. The average molecular weight is 264 g/mol. The maximum Gasteiger partial charge on any atom is 0.239 e. The molecule has 0 radical (unpaired) electrons. The van der Waals surface area contributed by atoms with Gasteiger partial charge in [-0.25, -0.2) is 21.9 Å². The summed E-state index contributed by atoms with van der Waals surface area (Å²) in [5.74, 6) is -2.81. The van der Waals surface area contributed by atoms with Crippen LogP contribution in [0.5, 0.6) is 0 Å². The van der Waals surface area contributed by atoms with Crippen LogP contribution in [0.3, 0.4) is 0 Å². The second kappa shape index (κ2) is 5.19. The van der Waals surface area contributed by atoms with Crippen LogP contribution < -0.4 is 10.0 Å². The number of carbonyl (C=O) groups excluding carboxylic acids is 1. The molecule has 2 N–H and O–H groups in total. The lowest BCUT2D eigenvalue weighted by Crippen LogP contribution is -2.32. The summed E-state index contributed by atoms with van der Waals surface area (Å²) in [6, 6.07) is 2.82. The van der Waals surface area contributed by atoms with Crippen molar-refractivity contribution in [3.8, 4) is 0 Å². The van der Waals surface area contributed by atoms with E-state index < -0.39 is 34.1 Å². The zero-order valence-corrected chi connectivity index (χ0v) is 9.64. The Hall–Kier alpha value is -1.54. The number of halogens is 2. The average Bonchev–Trinajstić information content (AvgIpc) is 2.20. The highest BCUT2D eigenvalue weighted by molar-refractivity contribution is 7.88. The van der Waals surface area contributed by atoms with E-state index >= 15 is 0 Å². The highest BCUT2D eigenvalue weighted by atomic mass is 32.2. The van der Waals surface area contributed by atoms with Crippen LogP contribution in [0.15, 0.2) is 18.2 Å². The van der Waals surface area contributed by atoms with E-state index in [1.807, 2.05) is 4.72 Å². The summed E-state index contributed by atoms with van der Waals surface area (Å²) < 4.78 is 48.7. The third kappa shape index (κ3) is 4.87. The van der Waals surface area contributed by atoms with E-state index in [1.165, 1.54) is 0 Å². The second-order valence-corrected chi connectivity index (χ2v) is 5.10. The lowest BCUT2D eigenvalue weighted by atomic mass is 10.3. The number of amides is 1. The van der Waals surface area contributed by atoms with Crippen molar-refractivity contribution in [2.75, 3.05) is 18.1 Å². The minimum Gasteiger partial charge on any atom is -0.325 e. The van der Waals surface area contributed by atoms with E-state index in [9.17, 15) is 22.0 Å². The Kier molecular flexibility index (Phi) is 4.13. The minimum atomic E-state index is -3.47. The van der Waals surface area contributed by atoms with Crippen LogP contribution in [0.2, 0.25) is 0 Å². The van der Waals surface area contributed by atoms with Crippen LogP contribution in [0.4, 0.5) is 14.5 Å². The molecule has 0 atom stereocenters. The molecule has 5 nitrogen and oxygen atoms in total. The van der Waals surface area contributed by atoms with Crippen molar-refractivity contribution in [3.05, 3.63) is 29.8 Å². The SMILES string of the molecule is CS(=O)(=O)NCC(=O)Nc1ccc(F)c(F)c1. The molecule has 0 aliphatic rings. The first-order valence-electron chi connectivity index (χ1n) is 4.47. The fourth-order valence-electron chi connectivity index (χ4n) is 0.976. The second-order valence-electron chi connectivity index (χ2n) is 3.27. The fraction of sp³-hybridized carbons (Fsp3) is 0.222. The number of benzene rings is 1. The molecule has 1 amide bonds. The first-order valence-corrected chi connectivity index (χ1v) is 6.36. The minimum absolute atomic E-state index is 0.0456. The van der Waals surface area contributed by atoms with Gasteiger partial charge in [0, 0.05) is 11.8 Å². The summed E-state index contributed by atoms with van der Waals surface area (Å²) in [4.78, 5) is 11.2. The summed E-state index contributed by atoms with van der Waals surface area (Å²) >= 11 is 0. The normalized spacial score (nSPS) is 11.2. The van der Waals surface area contributed by atoms with Crippen LogP contribution in [-0.2, 0) is 14.8 Å². The maximum atomic E-state index is 12.8. The molecule has 0 spiro atoms. The van der Waals surface area contributed by atoms with Crippen LogP contribution in [0.25, 0.3) is 0 Å². The Morgan fingerprint density at radius 3 is 2.47 bits per heavy atom. The standard InChI is InChI=1S/C9H10F2N2O3S/c1-17(15,16)12-5-9(14)13-6-2-3-7(10)8(11)4-6/h2-4,12H,5H2,1H3,(H,13,14). The van der Waals surface area contributed by atoms with E-state index in [2.05, 4.69) is 5.32 Å². The number of sulfonamides is 1. The molecule has 0 saturated heterocycles. The summed E-state index contributed by atoms with van der Waals surface area (Å²) in [5.41, 5.74) is 0.0456. The molecule has 0 bridgehead atoms. The zero-order valence-electron chi connectivity index (χ0n) is 8.83. The van der Waals surface area contributed by atoms with Gasteiger partial charge in [0.05, 0.1) is 12.8 Å². The number of hydrogen-bond donors (Lipinski definition) is 2. The molecule has 0 aliphatic heterocycles. The molecule has 0 saturated carbocycles. The van der Waals surface area contributed by atoms with Crippen LogP contribution in [-0.4, -0.2) is 27.1 Å². The van der Waals surface area contributed by atoms with Crippen molar-refractivity contribution < 1.29 is 22.0 Å². The molecule has 1 aromatic carbocycles. The van der Waals surface area contributed by atoms with E-state index in [0.717, 1.165) is 24.5 Å². The van der Waals surface area contributed by atoms with Crippen LogP contribution in [0, 0.1) is 11.6 Å². The predicted molar refractivity (Wildman–Crippen MR) is 57.8 cm³/mol. The Morgan fingerprint density at radius 1 is 1.29 bits per heavy atom. The van der Waals surface area contributed by atoms with Gasteiger partial charge in [-0.3, -0.25) is 4.79 Å². The third-order valence-electron chi connectivity index (χ3n) is 1.70. The molecule has 8 heteroatoms. The first-order chi connectivity index (χ1) is 7.78. The summed E-state index contributed by atoms with van der Waals surface area (Å²) in [6.07, 6.45) is 0.901. The molecule has 1 aromatic rings. The summed E-state index contributed by atoms with van der Waals surface area (Å²) in [5, 5.41) is 2.21. The maximum absolute atomic E-state index is 12.8. The molecule has 0 fully saturated rings. The molecule has 1 rings (SSSR count). The van der Waals surface area contributed by atoms with Crippen molar-refractivity contribution in [2.45, 2.75) is 0 Å². The highest BCUT2D eigenvalue weighted by Gasteiger charge is 2.08. The van der Waals surface area contributed by atoms with Crippen molar-refractivity contribution >= 4 is 21.6 Å². The van der Waals surface area contributed by atoms with Gasteiger partial charge >= 0.3 is 0 Å². The van der Waals surface area contributed by atoms with E-state index in [-0.39, 0.29) is 5.69 Å². The Balaban J connectivity index is 2.59. The van der Waals surface area contributed by atoms with Gasteiger partial charge in [0.1, 0.15) is 0 Å². The fourth-order valence-corrected chi connectivity index (χ4v) is 1.37. The molecule has 17 heavy (non-hydrogen) atoms. The molecule has 0 heterocycles. The Morgan fingerprint density at radius 2 is 1.94 bits per heavy atom. The third-order valence-corrected chi connectivity index (χ3v) is 2.37. The van der Waals surface area contributed by atoms with Crippen molar-refractivity contribution in [3.63, 3.8) is 0 Å². The van der Waals surface area contributed by atoms with Gasteiger partial charge in [-0.2, -0.15) is 0 Å². The van der Waals surface area contributed by atoms with Gasteiger partial charge in [-0.1, -0.05) is 0 Å². The number of hydrogen-bond acceptors (Lipinski definition) is 3. The summed E-state index contributed by atoms with van der Waals surface area (Å²) in [6.45, 7) is -0.474. The van der Waals surface area contributed by atoms with E-state index in [0.29, 0.717) is 0 Å². The summed E-state index contributed by atoms with van der Waals surface area (Å²) in [7, 11) is -3.47. The Labute approximate surface area is 96.9 Å². The van der Waals surface area contributed by atoms with E-state index in [1.54, 1.807) is 0 Å². The van der Waals surface area contributed by atoms with Gasteiger partial charge < -0.3 is 5.32 Å². The molecule has 94 valence electrons. The zero-order chi connectivity index (χ0) is 13.1. The van der Waals surface area contributed by atoms with Crippen LogP contribution >= 0.6 is 0 Å². The van der Waals surface area contributed by atoms with Gasteiger partial charge in [0.2, 0.25) is 15.9 Å². The van der Waals surface area contributed by atoms with Crippen molar-refractivity contribution in [1.29, 1.82) is 0 Å². The van der Waals surface area contributed by atoms with Crippen molar-refractivity contribution in [2.24, 2.45) is 0 Å². The van der Waals surface area contributed by atoms with E-state index in [4.69, 9.17) is 0 Å². The van der Waals surface area contributed by atoms with Crippen LogP contribution in [0.1, 0.15) is 0 Å².